The molecule has 2 amide bonds. The Balaban J connectivity index is 1.68. The summed E-state index contributed by atoms with van der Waals surface area (Å²) in [5.41, 5.74) is 2.46. The fourth-order valence-corrected chi connectivity index (χ4v) is 6.47. The fourth-order valence-electron chi connectivity index (χ4n) is 5.05. The van der Waals surface area contributed by atoms with Crippen molar-refractivity contribution in [3.8, 4) is 0 Å². The van der Waals surface area contributed by atoms with E-state index in [4.69, 9.17) is 0 Å². The summed E-state index contributed by atoms with van der Waals surface area (Å²) < 4.78 is 43.5. The van der Waals surface area contributed by atoms with E-state index in [9.17, 15) is 18.0 Å². The van der Waals surface area contributed by atoms with E-state index in [0.29, 0.717) is 0 Å². The molecular formula is C32H38FN3O4S. The molecule has 0 bridgehead atoms. The Morgan fingerprint density at radius 1 is 0.902 bits per heavy atom. The highest BCUT2D eigenvalue weighted by Gasteiger charge is 2.34. The molecule has 41 heavy (non-hydrogen) atoms. The van der Waals surface area contributed by atoms with Crippen LogP contribution in [-0.2, 0) is 26.2 Å². The van der Waals surface area contributed by atoms with Gasteiger partial charge in [-0.05, 0) is 63.4 Å². The summed E-state index contributed by atoms with van der Waals surface area (Å²) in [5.74, 6) is -1.68. The van der Waals surface area contributed by atoms with Gasteiger partial charge in [0.05, 0.1) is 10.6 Å². The second-order valence-electron chi connectivity index (χ2n) is 10.8. The van der Waals surface area contributed by atoms with Crippen LogP contribution in [0.1, 0.15) is 55.7 Å². The Labute approximate surface area is 242 Å². The molecule has 0 spiro atoms. The zero-order valence-electron chi connectivity index (χ0n) is 23.8. The van der Waals surface area contributed by atoms with Crippen molar-refractivity contribution in [2.24, 2.45) is 0 Å². The highest BCUT2D eigenvalue weighted by Crippen LogP contribution is 2.27. The monoisotopic (exact) mass is 579 g/mol. The number of anilines is 1. The Bertz CT molecular complexity index is 1450. The second-order valence-corrected chi connectivity index (χ2v) is 12.7. The van der Waals surface area contributed by atoms with Crippen molar-refractivity contribution in [1.82, 2.24) is 10.2 Å². The number of nitrogens with one attached hydrogen (secondary N) is 1. The Kier molecular flexibility index (Phi) is 9.81. The molecule has 0 unspecified atom stereocenters. The summed E-state index contributed by atoms with van der Waals surface area (Å²) in [6.07, 6.45) is 5.00. The van der Waals surface area contributed by atoms with Crippen molar-refractivity contribution in [2.45, 2.75) is 76.4 Å². The number of halogens is 1. The van der Waals surface area contributed by atoms with Gasteiger partial charge in [0.15, 0.2) is 0 Å². The van der Waals surface area contributed by atoms with E-state index < -0.39 is 34.3 Å². The first-order valence-corrected chi connectivity index (χ1v) is 15.5. The number of benzene rings is 3. The van der Waals surface area contributed by atoms with Gasteiger partial charge in [0.2, 0.25) is 11.8 Å². The molecule has 0 radical (unpaired) electrons. The van der Waals surface area contributed by atoms with E-state index in [1.807, 2.05) is 38.1 Å². The summed E-state index contributed by atoms with van der Waals surface area (Å²) >= 11 is 0. The van der Waals surface area contributed by atoms with Crippen LogP contribution in [0.5, 0.6) is 0 Å². The lowest BCUT2D eigenvalue weighted by Gasteiger charge is -2.33. The number of aryl methyl sites for hydroxylation is 2. The molecule has 0 aliphatic heterocycles. The lowest BCUT2D eigenvalue weighted by atomic mass is 9.95. The molecule has 3 aromatic rings. The largest absolute Gasteiger partial charge is 0.352 e. The number of hydrogen-bond donors (Lipinski definition) is 1. The first-order chi connectivity index (χ1) is 19.6. The van der Waals surface area contributed by atoms with E-state index >= 15 is 4.39 Å². The minimum atomic E-state index is -4.32. The molecular weight excluding hydrogens is 541 g/mol. The van der Waals surface area contributed by atoms with Crippen LogP contribution in [0.4, 0.5) is 10.1 Å². The average molecular weight is 580 g/mol. The van der Waals surface area contributed by atoms with E-state index in [1.165, 1.54) is 35.2 Å². The molecule has 4 rings (SSSR count). The second kappa shape index (κ2) is 13.3. The smallest absolute Gasteiger partial charge is 0.264 e. The molecule has 1 atom stereocenters. The minimum Gasteiger partial charge on any atom is -0.352 e. The number of carbonyl (C=O) groups excluding carboxylic acids is 2. The van der Waals surface area contributed by atoms with Gasteiger partial charge in [-0.3, -0.25) is 13.9 Å². The van der Waals surface area contributed by atoms with E-state index in [0.717, 1.165) is 59.2 Å². The Morgan fingerprint density at radius 3 is 2.10 bits per heavy atom. The van der Waals surface area contributed by atoms with Crippen molar-refractivity contribution >= 4 is 27.5 Å². The lowest BCUT2D eigenvalue weighted by Crippen LogP contribution is -2.53. The number of nitrogens with zero attached hydrogens (tertiary/aromatic N) is 2. The molecule has 218 valence electrons. The SMILES string of the molecule is Cc1ccc(CN(C(=O)CN(c2ccccc2F)S(=O)(=O)c2ccc(C)cc2)[C@@H](C)C(=O)NC2CCCCC2)cc1. The quantitative estimate of drug-likeness (QED) is 0.344. The Morgan fingerprint density at radius 2 is 1.49 bits per heavy atom. The molecule has 0 aromatic heterocycles. The highest BCUT2D eigenvalue weighted by atomic mass is 32.2. The summed E-state index contributed by atoms with van der Waals surface area (Å²) in [4.78, 5) is 28.7. The summed E-state index contributed by atoms with van der Waals surface area (Å²) in [6, 6.07) is 18.4. The molecule has 1 aliphatic rings. The summed E-state index contributed by atoms with van der Waals surface area (Å²) in [5, 5.41) is 3.08. The highest BCUT2D eigenvalue weighted by molar-refractivity contribution is 7.92. The zero-order valence-corrected chi connectivity index (χ0v) is 24.7. The van der Waals surface area contributed by atoms with E-state index in [1.54, 1.807) is 19.1 Å². The third-order valence-electron chi connectivity index (χ3n) is 7.60. The van der Waals surface area contributed by atoms with Crippen LogP contribution in [-0.4, -0.2) is 43.8 Å². The minimum absolute atomic E-state index is 0.0480. The maximum Gasteiger partial charge on any atom is 0.264 e. The summed E-state index contributed by atoms with van der Waals surface area (Å²) in [7, 11) is -4.32. The van der Waals surface area contributed by atoms with Gasteiger partial charge in [0.25, 0.3) is 10.0 Å². The predicted octanol–water partition coefficient (Wildman–Crippen LogP) is 5.50. The number of rotatable bonds is 10. The van der Waals surface area contributed by atoms with Crippen LogP contribution >= 0.6 is 0 Å². The van der Waals surface area contributed by atoms with Gasteiger partial charge in [-0.1, -0.05) is 78.9 Å². The van der Waals surface area contributed by atoms with Crippen molar-refractivity contribution < 1.29 is 22.4 Å². The van der Waals surface area contributed by atoms with Crippen molar-refractivity contribution in [3.05, 3.63) is 95.3 Å². The van der Waals surface area contributed by atoms with Crippen molar-refractivity contribution in [3.63, 3.8) is 0 Å². The zero-order chi connectivity index (χ0) is 29.6. The molecule has 1 aliphatic carbocycles. The predicted molar refractivity (Wildman–Crippen MR) is 158 cm³/mol. The normalized spacial score (nSPS) is 14.7. The number of sulfonamides is 1. The molecule has 7 nitrogen and oxygen atoms in total. The van der Waals surface area contributed by atoms with Crippen LogP contribution in [0.15, 0.2) is 77.7 Å². The molecule has 1 N–H and O–H groups in total. The van der Waals surface area contributed by atoms with Crippen LogP contribution in [0.25, 0.3) is 0 Å². The number of hydrogen-bond acceptors (Lipinski definition) is 4. The van der Waals surface area contributed by atoms with Gasteiger partial charge in [-0.15, -0.1) is 0 Å². The standard InChI is InChI=1S/C32H38FN3O4S/c1-23-13-17-26(18-14-23)21-35(25(3)32(38)34-27-9-5-4-6-10-27)31(37)22-36(30-12-8-7-11-29(30)33)41(39,40)28-19-15-24(2)16-20-28/h7-8,11-20,25,27H,4-6,9-10,21-22H2,1-3H3,(H,34,38)/t25-/m0/s1. The molecule has 1 saturated carbocycles. The first kappa shape index (κ1) is 30.2. The van der Waals surface area contributed by atoms with Crippen LogP contribution in [0, 0.1) is 19.7 Å². The van der Waals surface area contributed by atoms with Gasteiger partial charge >= 0.3 is 0 Å². The first-order valence-electron chi connectivity index (χ1n) is 14.1. The third kappa shape index (κ3) is 7.52. The molecule has 1 fully saturated rings. The number of para-hydroxylation sites is 1. The maximum absolute atomic E-state index is 15.0. The lowest BCUT2D eigenvalue weighted by molar-refractivity contribution is -0.139. The van der Waals surface area contributed by atoms with Crippen LogP contribution < -0.4 is 9.62 Å². The molecule has 3 aromatic carbocycles. The van der Waals surface area contributed by atoms with Gasteiger partial charge < -0.3 is 10.2 Å². The van der Waals surface area contributed by atoms with Crippen LogP contribution in [0.2, 0.25) is 0 Å². The van der Waals surface area contributed by atoms with Gasteiger partial charge in [-0.2, -0.15) is 0 Å². The fraction of sp³-hybridized carbons (Fsp3) is 0.375. The molecule has 0 saturated heterocycles. The van der Waals surface area contributed by atoms with Crippen LogP contribution in [0.3, 0.4) is 0 Å². The van der Waals surface area contributed by atoms with Crippen molar-refractivity contribution in [2.75, 3.05) is 10.8 Å². The van der Waals surface area contributed by atoms with E-state index in [2.05, 4.69) is 5.32 Å². The average Bonchev–Trinajstić information content (AvgIpc) is 2.96. The summed E-state index contributed by atoms with van der Waals surface area (Å²) in [6.45, 7) is 4.84. The van der Waals surface area contributed by atoms with Crippen molar-refractivity contribution in [1.29, 1.82) is 0 Å². The Hall–Kier alpha value is -3.72. The van der Waals surface area contributed by atoms with Gasteiger partial charge in [0.1, 0.15) is 18.4 Å². The van der Waals surface area contributed by atoms with Gasteiger partial charge in [0, 0.05) is 12.6 Å². The van der Waals surface area contributed by atoms with Gasteiger partial charge in [-0.25, -0.2) is 12.8 Å². The third-order valence-corrected chi connectivity index (χ3v) is 9.38. The number of carbonyl (C=O) groups is 2. The maximum atomic E-state index is 15.0. The van der Waals surface area contributed by atoms with E-state index in [-0.39, 0.29) is 29.1 Å². The topological polar surface area (TPSA) is 86.8 Å². The molecule has 9 heteroatoms. The molecule has 0 heterocycles. The number of amides is 2.